The van der Waals surface area contributed by atoms with E-state index in [-0.39, 0.29) is 0 Å². The number of hydrogen-bond donors (Lipinski definition) is 0. The molecule has 0 bridgehead atoms. The molecule has 10 heteroatoms. The van der Waals surface area contributed by atoms with Crippen molar-refractivity contribution in [2.24, 2.45) is 0 Å². The number of fused-ring (bicyclic) bond motifs is 12. The average Bonchev–Trinajstić information content (AvgIpc) is 4.00. The van der Waals surface area contributed by atoms with Crippen molar-refractivity contribution in [1.82, 2.24) is 48.7 Å². The number of rotatable bonds is 4. The standard InChI is InChI=1S/C46H24N10/c1-9-47-10-2-25(1)31-19-51-23-37-39(31)41-33(27-5-13-49-14-6-27)21-53-43-29-17-30-36(18-35(29)55(37)45(41)43)56-38-24-52-20-32(26-3-11-48-12-4-26)40(38)42-34(22-54-44(30)46(42)56)28-7-15-50-16-8-28/h1-24H. The topological polar surface area (TPSA) is 112 Å². The summed E-state index contributed by atoms with van der Waals surface area (Å²) in [6.07, 6.45) is 26.6. The van der Waals surface area contributed by atoms with Crippen molar-refractivity contribution in [2.45, 2.75) is 0 Å². The van der Waals surface area contributed by atoms with Crippen molar-refractivity contribution in [2.75, 3.05) is 0 Å². The Kier molecular flexibility index (Phi) is 5.68. The van der Waals surface area contributed by atoms with Crippen molar-refractivity contribution in [3.63, 3.8) is 0 Å². The molecule has 0 atom stereocenters. The first kappa shape index (κ1) is 29.5. The van der Waals surface area contributed by atoms with E-state index in [1.807, 2.05) is 135 Å². The minimum Gasteiger partial charge on any atom is -0.305 e. The van der Waals surface area contributed by atoms with Crippen LogP contribution >= 0.6 is 0 Å². The largest absolute Gasteiger partial charge is 0.305 e. The van der Waals surface area contributed by atoms with E-state index in [2.05, 4.69) is 40.9 Å². The molecular formula is C46H24N10. The third kappa shape index (κ3) is 3.74. The SMILES string of the molecule is c1cc(-c2cncc3c2c2c(-c4ccncc4)cnc4c5cc6c7ncc(-c8ccncc8)c8c9c(-c%10ccncc%10)cncc9n(c6cc5n3c42)c78)ccn1. The number of pyridine rings is 8. The first-order chi connectivity index (χ1) is 27.8. The molecule has 258 valence electrons. The molecule has 13 rings (SSSR count). The van der Waals surface area contributed by atoms with Gasteiger partial charge in [0.2, 0.25) is 0 Å². The van der Waals surface area contributed by atoms with Gasteiger partial charge in [0.05, 0.1) is 56.5 Å². The lowest BCUT2D eigenvalue weighted by Crippen LogP contribution is -1.88. The van der Waals surface area contributed by atoms with Crippen LogP contribution in [-0.4, -0.2) is 48.7 Å². The zero-order valence-electron chi connectivity index (χ0n) is 29.3. The highest BCUT2D eigenvalue weighted by molar-refractivity contribution is 6.32. The van der Waals surface area contributed by atoms with Crippen LogP contribution < -0.4 is 0 Å². The molecule has 13 aromatic rings. The monoisotopic (exact) mass is 716 g/mol. The van der Waals surface area contributed by atoms with Gasteiger partial charge in [-0.1, -0.05) is 0 Å². The second-order valence-corrected chi connectivity index (χ2v) is 14.2. The molecule has 0 aliphatic heterocycles. The molecule has 12 heterocycles. The van der Waals surface area contributed by atoms with Crippen molar-refractivity contribution < 1.29 is 0 Å². The Morgan fingerprint density at radius 2 is 0.679 bits per heavy atom. The lowest BCUT2D eigenvalue weighted by molar-refractivity contribution is 1.28. The predicted molar refractivity (Wildman–Crippen MR) is 220 cm³/mol. The van der Waals surface area contributed by atoms with Crippen molar-refractivity contribution in [3.8, 4) is 44.5 Å². The van der Waals surface area contributed by atoms with Gasteiger partial charge in [0.25, 0.3) is 0 Å². The summed E-state index contributed by atoms with van der Waals surface area (Å²) in [4.78, 5) is 37.4. The number of hydrogen-bond acceptors (Lipinski definition) is 8. The summed E-state index contributed by atoms with van der Waals surface area (Å²) < 4.78 is 4.71. The summed E-state index contributed by atoms with van der Waals surface area (Å²) in [5, 5.41) is 6.61. The van der Waals surface area contributed by atoms with Gasteiger partial charge in [-0.05, 0) is 82.9 Å². The highest BCUT2D eigenvalue weighted by Gasteiger charge is 2.28. The predicted octanol–water partition coefficient (Wildman–Crippen LogP) is 9.81. The summed E-state index contributed by atoms with van der Waals surface area (Å²) in [6, 6.07) is 21.0. The Morgan fingerprint density at radius 3 is 1.05 bits per heavy atom. The summed E-state index contributed by atoms with van der Waals surface area (Å²) in [5.74, 6) is 0. The Balaban J connectivity index is 1.23. The minimum atomic E-state index is 0.931. The molecule has 0 spiro atoms. The van der Waals surface area contributed by atoms with Crippen LogP contribution in [0.2, 0.25) is 0 Å². The number of benzene rings is 1. The van der Waals surface area contributed by atoms with E-state index in [4.69, 9.17) is 19.9 Å². The summed E-state index contributed by atoms with van der Waals surface area (Å²) >= 11 is 0. The fourth-order valence-corrected chi connectivity index (χ4v) is 9.17. The van der Waals surface area contributed by atoms with Gasteiger partial charge in [-0.2, -0.15) is 0 Å². The van der Waals surface area contributed by atoms with Gasteiger partial charge in [0, 0.05) is 129 Å². The van der Waals surface area contributed by atoms with Crippen molar-refractivity contribution in [3.05, 3.63) is 147 Å². The summed E-state index contributed by atoms with van der Waals surface area (Å²) in [6.45, 7) is 0. The third-order valence-electron chi connectivity index (χ3n) is 11.5. The van der Waals surface area contributed by atoms with Crippen LogP contribution in [0.3, 0.4) is 0 Å². The fraction of sp³-hybridized carbons (Fsp3) is 0. The minimum absolute atomic E-state index is 0.931. The molecular weight excluding hydrogens is 693 g/mol. The smallest absolute Gasteiger partial charge is 0.0970 e. The van der Waals surface area contributed by atoms with Crippen LogP contribution in [0.1, 0.15) is 0 Å². The van der Waals surface area contributed by atoms with E-state index in [0.717, 1.165) is 121 Å². The maximum atomic E-state index is 5.23. The van der Waals surface area contributed by atoms with Gasteiger partial charge in [-0.25, -0.2) is 0 Å². The van der Waals surface area contributed by atoms with Crippen LogP contribution in [0, 0.1) is 0 Å². The zero-order chi connectivity index (χ0) is 36.5. The van der Waals surface area contributed by atoms with Crippen molar-refractivity contribution >= 4 is 76.5 Å². The van der Waals surface area contributed by atoms with E-state index in [1.165, 1.54) is 0 Å². The maximum Gasteiger partial charge on any atom is 0.0970 e. The van der Waals surface area contributed by atoms with Crippen LogP contribution in [-0.2, 0) is 0 Å². The second kappa shape index (κ2) is 10.8. The van der Waals surface area contributed by atoms with Crippen molar-refractivity contribution in [1.29, 1.82) is 0 Å². The molecule has 12 aromatic heterocycles. The first-order valence-corrected chi connectivity index (χ1v) is 18.3. The van der Waals surface area contributed by atoms with Gasteiger partial charge in [0.1, 0.15) is 0 Å². The Bertz CT molecular complexity index is 3440. The van der Waals surface area contributed by atoms with Crippen LogP contribution in [0.4, 0.5) is 0 Å². The van der Waals surface area contributed by atoms with E-state index in [9.17, 15) is 0 Å². The van der Waals surface area contributed by atoms with Crippen LogP contribution in [0.15, 0.2) is 147 Å². The van der Waals surface area contributed by atoms with E-state index >= 15 is 0 Å². The average molecular weight is 717 g/mol. The number of aromatic nitrogens is 10. The Hall–Kier alpha value is -7.98. The highest BCUT2D eigenvalue weighted by atomic mass is 15.0. The van der Waals surface area contributed by atoms with Crippen LogP contribution in [0.25, 0.3) is 121 Å². The van der Waals surface area contributed by atoms with Gasteiger partial charge in [-0.15, -0.1) is 0 Å². The molecule has 0 amide bonds. The van der Waals surface area contributed by atoms with Gasteiger partial charge < -0.3 is 8.80 Å². The summed E-state index contributed by atoms with van der Waals surface area (Å²) in [7, 11) is 0. The molecule has 56 heavy (non-hydrogen) atoms. The molecule has 0 aliphatic carbocycles. The lowest BCUT2D eigenvalue weighted by atomic mass is 9.97. The van der Waals surface area contributed by atoms with Gasteiger partial charge >= 0.3 is 0 Å². The van der Waals surface area contributed by atoms with Gasteiger partial charge in [0.15, 0.2) is 0 Å². The lowest BCUT2D eigenvalue weighted by Gasteiger charge is -2.09. The first-order valence-electron chi connectivity index (χ1n) is 18.3. The van der Waals surface area contributed by atoms with Gasteiger partial charge in [-0.3, -0.25) is 39.9 Å². The third-order valence-corrected chi connectivity index (χ3v) is 11.5. The molecule has 1 aromatic carbocycles. The fourth-order valence-electron chi connectivity index (χ4n) is 9.17. The van der Waals surface area contributed by atoms with Crippen LogP contribution in [0.5, 0.6) is 0 Å². The molecule has 0 unspecified atom stereocenters. The van der Waals surface area contributed by atoms with E-state index in [0.29, 0.717) is 0 Å². The molecule has 0 fully saturated rings. The molecule has 10 nitrogen and oxygen atoms in total. The second-order valence-electron chi connectivity index (χ2n) is 14.2. The normalized spacial score (nSPS) is 12.3. The quantitative estimate of drug-likeness (QED) is 0.177. The Labute approximate surface area is 316 Å². The molecule has 0 N–H and O–H groups in total. The summed E-state index contributed by atoms with van der Waals surface area (Å²) in [5.41, 5.74) is 16.5. The van der Waals surface area contributed by atoms with E-state index in [1.54, 1.807) is 0 Å². The number of nitrogens with zero attached hydrogens (tertiary/aromatic N) is 10. The molecule has 0 saturated heterocycles. The molecule has 0 saturated carbocycles. The highest BCUT2D eigenvalue weighted by Crippen LogP contribution is 2.49. The van der Waals surface area contributed by atoms with E-state index < -0.39 is 0 Å². The molecule has 0 aliphatic rings. The maximum absolute atomic E-state index is 5.23. The molecule has 0 radical (unpaired) electrons. The zero-order valence-corrected chi connectivity index (χ0v) is 29.3. The Morgan fingerprint density at radius 1 is 0.321 bits per heavy atom.